The van der Waals surface area contributed by atoms with Crippen molar-refractivity contribution in [3.05, 3.63) is 64.2 Å². The molecule has 4 aliphatic rings. The van der Waals surface area contributed by atoms with Gasteiger partial charge in [0.15, 0.2) is 0 Å². The Morgan fingerprint density at radius 2 is 1.50 bits per heavy atom. The number of aliphatic hydroxyl groups is 4. The van der Waals surface area contributed by atoms with Crippen LogP contribution in [0.4, 0.5) is 0 Å². The van der Waals surface area contributed by atoms with Gasteiger partial charge >= 0.3 is 11.9 Å². The fourth-order valence-corrected chi connectivity index (χ4v) is 5.72. The maximum absolute atomic E-state index is 10.4. The molecule has 3 aliphatic heterocycles. The maximum atomic E-state index is 10.4. The van der Waals surface area contributed by atoms with Crippen molar-refractivity contribution >= 4 is 23.5 Å². The zero-order chi connectivity index (χ0) is 34.6. The van der Waals surface area contributed by atoms with Gasteiger partial charge in [0.25, 0.3) is 0 Å². The van der Waals surface area contributed by atoms with E-state index < -0.39 is 49.1 Å². The summed E-state index contributed by atoms with van der Waals surface area (Å²) in [5.41, 5.74) is 2.45. The quantitative estimate of drug-likeness (QED) is 0.188. The number of ether oxygens (including phenoxy) is 2. The van der Waals surface area contributed by atoms with Crippen molar-refractivity contribution < 1.29 is 49.7 Å². The Kier molecular flexibility index (Phi) is 14.5. The topological polar surface area (TPSA) is 198 Å². The third-order valence-corrected chi connectivity index (χ3v) is 8.89. The fraction of sp³-hybridized carbons (Fsp3) is 0.543. The van der Waals surface area contributed by atoms with Crippen LogP contribution in [0.5, 0.6) is 5.75 Å². The minimum absolute atomic E-state index is 0.269. The van der Waals surface area contributed by atoms with Crippen molar-refractivity contribution in [2.45, 2.75) is 87.5 Å². The van der Waals surface area contributed by atoms with Crippen LogP contribution in [-0.2, 0) is 20.7 Å². The molecule has 1 aliphatic carbocycles. The lowest BCUT2D eigenvalue weighted by Gasteiger charge is -2.40. The van der Waals surface area contributed by atoms with E-state index >= 15 is 0 Å². The number of carboxylic acid groups (broad SMARTS) is 2. The molecule has 12 nitrogen and oxygen atoms in total. The Balaban J connectivity index is 0.000000264. The normalized spacial score (nSPS) is 27.7. The van der Waals surface area contributed by atoms with Crippen molar-refractivity contribution in [1.82, 2.24) is 10.6 Å². The van der Waals surface area contributed by atoms with Crippen LogP contribution in [0.2, 0.25) is 5.02 Å². The Bertz CT molecular complexity index is 1370. The number of carbonyl (C=O) groups is 2. The molecular weight excluding hydrogens is 644 g/mol. The number of benzene rings is 2. The molecule has 3 heterocycles. The molecule has 48 heavy (non-hydrogen) atoms. The molecule has 6 rings (SSSR count). The molecule has 0 spiro atoms. The van der Waals surface area contributed by atoms with Gasteiger partial charge < -0.3 is 50.7 Å². The van der Waals surface area contributed by atoms with E-state index in [2.05, 4.69) is 22.5 Å². The molecule has 4 fully saturated rings. The molecule has 0 radical (unpaired) electrons. The minimum Gasteiger partial charge on any atom is -0.481 e. The summed E-state index contributed by atoms with van der Waals surface area (Å²) in [5, 5.41) is 62.9. The van der Waals surface area contributed by atoms with E-state index in [4.69, 9.17) is 31.3 Å². The molecule has 1 saturated carbocycles. The number of aliphatic carboxylic acids is 2. The Labute approximate surface area is 285 Å². The van der Waals surface area contributed by atoms with E-state index in [1.54, 1.807) is 12.1 Å². The van der Waals surface area contributed by atoms with Crippen molar-refractivity contribution in [3.8, 4) is 17.6 Å². The summed E-state index contributed by atoms with van der Waals surface area (Å²) in [5.74, 6) is 6.07. The highest BCUT2D eigenvalue weighted by Gasteiger charge is 2.44. The maximum Gasteiger partial charge on any atom is 0.320 e. The second kappa shape index (κ2) is 18.5. The Morgan fingerprint density at radius 3 is 2.00 bits per heavy atom. The average molecular weight is 689 g/mol. The molecule has 13 heteroatoms. The van der Waals surface area contributed by atoms with E-state index in [1.807, 2.05) is 30.3 Å². The first kappa shape index (κ1) is 37.6. The molecule has 8 N–H and O–H groups in total. The van der Waals surface area contributed by atoms with E-state index in [-0.39, 0.29) is 12.1 Å². The lowest BCUT2D eigenvalue weighted by atomic mass is 9.90. The zero-order valence-corrected chi connectivity index (χ0v) is 27.4. The van der Waals surface area contributed by atoms with Crippen LogP contribution >= 0.6 is 11.6 Å². The van der Waals surface area contributed by atoms with Crippen LogP contribution in [0.1, 0.15) is 61.3 Å². The van der Waals surface area contributed by atoms with Gasteiger partial charge in [0, 0.05) is 10.9 Å². The van der Waals surface area contributed by atoms with Gasteiger partial charge in [0.1, 0.15) is 55.0 Å². The van der Waals surface area contributed by atoms with E-state index in [9.17, 15) is 30.0 Å². The average Bonchev–Trinajstić information content (AvgIpc) is 3.48. The number of carboxylic acids is 2. The van der Waals surface area contributed by atoms with Gasteiger partial charge in [-0.2, -0.15) is 0 Å². The van der Waals surface area contributed by atoms with Crippen LogP contribution in [-0.4, -0.2) is 105 Å². The molecule has 0 amide bonds. The first-order valence-corrected chi connectivity index (χ1v) is 16.7. The smallest absolute Gasteiger partial charge is 0.320 e. The number of aliphatic hydroxyl groups excluding tert-OH is 4. The van der Waals surface area contributed by atoms with Crippen LogP contribution in [0.25, 0.3) is 0 Å². The SMILES string of the molecule is O=C(O)[C@@H]1CCCN1.O=C(O)[C@@H]1CCCN1.OC[C@H]1O[C@@H](c2ccc(Cl)c(Cc3ccc(OCC#CC4CC4)cc3)c2)[C@H](O)[C@@H](O)[C@@H]1O. The fourth-order valence-electron chi connectivity index (χ4n) is 5.53. The van der Waals surface area contributed by atoms with Crippen molar-refractivity contribution in [3.63, 3.8) is 0 Å². The van der Waals surface area contributed by atoms with Gasteiger partial charge in [-0.05, 0) is 92.9 Å². The van der Waals surface area contributed by atoms with Gasteiger partial charge in [0.2, 0.25) is 0 Å². The lowest BCUT2D eigenvalue weighted by Crippen LogP contribution is -2.55. The van der Waals surface area contributed by atoms with E-state index in [0.29, 0.717) is 29.5 Å². The minimum atomic E-state index is -1.42. The molecule has 3 saturated heterocycles. The first-order valence-electron chi connectivity index (χ1n) is 16.3. The predicted molar refractivity (Wildman–Crippen MR) is 177 cm³/mol. The van der Waals surface area contributed by atoms with Gasteiger partial charge in [-0.1, -0.05) is 47.7 Å². The summed E-state index contributed by atoms with van der Waals surface area (Å²) in [6, 6.07) is 12.4. The number of halogens is 1. The molecule has 262 valence electrons. The molecule has 0 bridgehead atoms. The highest BCUT2D eigenvalue weighted by Crippen LogP contribution is 2.34. The van der Waals surface area contributed by atoms with Gasteiger partial charge in [-0.3, -0.25) is 9.59 Å². The van der Waals surface area contributed by atoms with Crippen LogP contribution in [0.3, 0.4) is 0 Å². The summed E-state index contributed by atoms with van der Waals surface area (Å²) in [4.78, 5) is 20.3. The van der Waals surface area contributed by atoms with Crippen LogP contribution < -0.4 is 15.4 Å². The van der Waals surface area contributed by atoms with Gasteiger partial charge in [-0.25, -0.2) is 0 Å². The lowest BCUT2D eigenvalue weighted by molar-refractivity contribution is -0.231. The molecule has 7 atom stereocenters. The summed E-state index contributed by atoms with van der Waals surface area (Å²) in [6.07, 6.45) is 0.508. The van der Waals surface area contributed by atoms with E-state index in [1.165, 1.54) is 12.8 Å². The molecule has 0 aromatic heterocycles. The predicted octanol–water partition coefficient (Wildman–Crippen LogP) is 1.88. The summed E-state index contributed by atoms with van der Waals surface area (Å²) in [6.45, 7) is 1.62. The highest BCUT2D eigenvalue weighted by molar-refractivity contribution is 6.31. The first-order chi connectivity index (χ1) is 23.1. The third kappa shape index (κ3) is 11.1. The monoisotopic (exact) mass is 688 g/mol. The zero-order valence-electron chi connectivity index (χ0n) is 26.6. The summed E-state index contributed by atoms with van der Waals surface area (Å²) >= 11 is 6.40. The summed E-state index contributed by atoms with van der Waals surface area (Å²) in [7, 11) is 0. The third-order valence-electron chi connectivity index (χ3n) is 8.52. The standard InChI is InChI=1S/C25H27ClO6.2C5H9NO2/c26-20-10-7-17(25-24(30)23(29)22(28)21(14-27)32-25)13-18(20)12-16-5-8-19(9-6-16)31-11-1-2-15-3-4-15;2*7-5(8)4-2-1-3-6-4/h5-10,13,15,21-25,27-30H,3-4,11-12,14H2;2*4,6H,1-3H2,(H,7,8)/t21-,22-,23+,24-,25+;2*4-/m100/s1. The van der Waals surface area contributed by atoms with Crippen molar-refractivity contribution in [2.75, 3.05) is 26.3 Å². The second-order valence-electron chi connectivity index (χ2n) is 12.3. The Hall–Kier alpha value is -3.25. The van der Waals surface area contributed by atoms with Gasteiger partial charge in [0.05, 0.1) is 6.61 Å². The number of hydrogen-bond donors (Lipinski definition) is 8. The summed E-state index contributed by atoms with van der Waals surface area (Å²) < 4.78 is 11.3. The van der Waals surface area contributed by atoms with E-state index in [0.717, 1.165) is 55.6 Å². The molecule has 2 aromatic rings. The van der Waals surface area contributed by atoms with Crippen LogP contribution in [0, 0.1) is 17.8 Å². The number of rotatable bonds is 8. The number of nitrogens with one attached hydrogen (secondary N) is 2. The largest absolute Gasteiger partial charge is 0.481 e. The number of hydrogen-bond acceptors (Lipinski definition) is 10. The molecule has 2 aromatic carbocycles. The van der Waals surface area contributed by atoms with Crippen molar-refractivity contribution in [1.29, 1.82) is 0 Å². The highest BCUT2D eigenvalue weighted by atomic mass is 35.5. The van der Waals surface area contributed by atoms with Gasteiger partial charge in [-0.15, -0.1) is 0 Å². The van der Waals surface area contributed by atoms with Crippen LogP contribution in [0.15, 0.2) is 42.5 Å². The van der Waals surface area contributed by atoms with Crippen molar-refractivity contribution in [2.24, 2.45) is 5.92 Å². The Morgan fingerprint density at radius 1 is 0.875 bits per heavy atom. The molecule has 0 unspecified atom stereocenters. The second-order valence-corrected chi connectivity index (χ2v) is 12.7. The molecular formula is C35H45ClN2O10.